The summed E-state index contributed by atoms with van der Waals surface area (Å²) in [6.07, 6.45) is 1.70. The molecule has 0 aliphatic carbocycles. The predicted molar refractivity (Wildman–Crippen MR) is 99.8 cm³/mol. The van der Waals surface area contributed by atoms with E-state index in [1.54, 1.807) is 27.3 Å². The molecule has 138 valence electrons. The zero-order valence-electron chi connectivity index (χ0n) is 15.2. The van der Waals surface area contributed by atoms with Crippen molar-refractivity contribution in [1.82, 2.24) is 15.5 Å². The van der Waals surface area contributed by atoms with E-state index in [0.29, 0.717) is 32.3 Å². The molecule has 0 radical (unpaired) electrons. The third-order valence-electron chi connectivity index (χ3n) is 3.24. The fourth-order valence-electron chi connectivity index (χ4n) is 1.85. The van der Waals surface area contributed by atoms with Gasteiger partial charge in [0.2, 0.25) is 5.91 Å². The van der Waals surface area contributed by atoms with Crippen LogP contribution < -0.4 is 15.4 Å². The summed E-state index contributed by atoms with van der Waals surface area (Å²) >= 11 is 0. The van der Waals surface area contributed by atoms with Crippen molar-refractivity contribution >= 4 is 11.9 Å². The van der Waals surface area contributed by atoms with Crippen LogP contribution in [0.25, 0.3) is 0 Å². The molecule has 0 fully saturated rings. The molecule has 0 bridgehead atoms. The molecule has 0 aromatic heterocycles. The molecule has 0 aliphatic heterocycles. The first-order valence-electron chi connectivity index (χ1n) is 8.11. The smallest absolute Gasteiger partial charge is 0.241 e. The molecular weight excluding hydrogens is 320 g/mol. The van der Waals surface area contributed by atoms with Crippen molar-refractivity contribution in [3.63, 3.8) is 0 Å². The number of hydrogen-bond acceptors (Lipinski definition) is 4. The first-order valence-corrected chi connectivity index (χ1v) is 8.11. The van der Waals surface area contributed by atoms with Crippen molar-refractivity contribution in [1.29, 1.82) is 0 Å². The normalized spacial score (nSPS) is 10.9. The largest absolute Gasteiger partial charge is 0.489 e. The van der Waals surface area contributed by atoms with Crippen molar-refractivity contribution in [3.8, 4) is 5.75 Å². The summed E-state index contributed by atoms with van der Waals surface area (Å²) in [4.78, 5) is 17.8. The Morgan fingerprint density at radius 2 is 2.08 bits per heavy atom. The number of guanidine groups is 1. The predicted octanol–water partition coefficient (Wildman–Crippen LogP) is 1.02. The molecular formula is C18H28N4O3. The average molecular weight is 348 g/mol. The maximum atomic E-state index is 11.8. The van der Waals surface area contributed by atoms with E-state index in [4.69, 9.17) is 9.47 Å². The summed E-state index contributed by atoms with van der Waals surface area (Å²) in [5.41, 5.74) is 0.955. The molecule has 1 rings (SSSR count). The average Bonchev–Trinajstić information content (AvgIpc) is 2.62. The van der Waals surface area contributed by atoms with Crippen molar-refractivity contribution in [2.45, 2.75) is 6.54 Å². The number of methoxy groups -OCH3 is 1. The molecule has 0 unspecified atom stereocenters. The molecule has 1 aromatic rings. The fourth-order valence-corrected chi connectivity index (χ4v) is 1.85. The van der Waals surface area contributed by atoms with Gasteiger partial charge in [0.15, 0.2) is 5.96 Å². The Morgan fingerprint density at radius 1 is 1.32 bits per heavy atom. The highest BCUT2D eigenvalue weighted by molar-refractivity contribution is 5.86. The second kappa shape index (κ2) is 11.9. The van der Waals surface area contributed by atoms with Gasteiger partial charge < -0.3 is 25.0 Å². The van der Waals surface area contributed by atoms with Gasteiger partial charge in [-0.3, -0.25) is 4.79 Å². The van der Waals surface area contributed by atoms with E-state index in [0.717, 1.165) is 11.3 Å². The first kappa shape index (κ1) is 20.5. The minimum absolute atomic E-state index is 0.0315. The molecule has 2 N–H and O–H groups in total. The van der Waals surface area contributed by atoms with Crippen molar-refractivity contribution in [2.24, 2.45) is 4.99 Å². The van der Waals surface area contributed by atoms with Gasteiger partial charge in [-0.25, -0.2) is 4.99 Å². The summed E-state index contributed by atoms with van der Waals surface area (Å²) in [5.74, 6) is 1.29. The number of para-hydroxylation sites is 1. The van der Waals surface area contributed by atoms with Crippen molar-refractivity contribution < 1.29 is 14.3 Å². The highest BCUT2D eigenvalue weighted by atomic mass is 16.5. The van der Waals surface area contributed by atoms with Gasteiger partial charge in [0, 0.05) is 33.3 Å². The number of aliphatic imine (C=N–C) groups is 1. The Balaban J connectivity index is 2.76. The SMILES string of the molecule is C=CCOc1ccccc1CN=C(NCCOC)NCC(=O)N(C)C. The number of hydrogen-bond donors (Lipinski definition) is 2. The van der Waals surface area contributed by atoms with Gasteiger partial charge in [0.1, 0.15) is 12.4 Å². The minimum Gasteiger partial charge on any atom is -0.489 e. The number of carbonyl (C=O) groups is 1. The lowest BCUT2D eigenvalue weighted by atomic mass is 10.2. The van der Waals surface area contributed by atoms with Crippen LogP contribution in [-0.4, -0.2) is 64.3 Å². The van der Waals surface area contributed by atoms with Crippen LogP contribution in [0.1, 0.15) is 5.56 Å². The molecule has 1 aromatic carbocycles. The van der Waals surface area contributed by atoms with E-state index >= 15 is 0 Å². The van der Waals surface area contributed by atoms with E-state index in [-0.39, 0.29) is 12.5 Å². The lowest BCUT2D eigenvalue weighted by Gasteiger charge is -2.15. The van der Waals surface area contributed by atoms with Gasteiger partial charge in [0.25, 0.3) is 0 Å². The van der Waals surface area contributed by atoms with Crippen LogP contribution in [0.4, 0.5) is 0 Å². The first-order chi connectivity index (χ1) is 12.1. The van der Waals surface area contributed by atoms with Crippen LogP contribution in [0.5, 0.6) is 5.75 Å². The standard InChI is InChI=1S/C18H28N4O3/c1-5-11-25-16-9-7-6-8-15(16)13-20-18(19-10-12-24-4)21-14-17(23)22(2)3/h5-9H,1,10-14H2,2-4H3,(H2,19,20,21). The number of ether oxygens (including phenoxy) is 2. The monoisotopic (exact) mass is 348 g/mol. The number of nitrogens with one attached hydrogen (secondary N) is 2. The zero-order chi connectivity index (χ0) is 18.5. The number of rotatable bonds is 10. The maximum absolute atomic E-state index is 11.8. The Kier molecular flexibility index (Phi) is 9.77. The molecule has 7 nitrogen and oxygen atoms in total. The highest BCUT2D eigenvalue weighted by Crippen LogP contribution is 2.18. The second-order valence-corrected chi connectivity index (χ2v) is 5.43. The van der Waals surface area contributed by atoms with Crippen LogP contribution in [0.3, 0.4) is 0 Å². The van der Waals surface area contributed by atoms with Gasteiger partial charge in [-0.1, -0.05) is 30.9 Å². The van der Waals surface area contributed by atoms with E-state index in [1.807, 2.05) is 24.3 Å². The molecule has 0 heterocycles. The molecule has 0 spiro atoms. The van der Waals surface area contributed by atoms with Crippen LogP contribution >= 0.6 is 0 Å². The third-order valence-corrected chi connectivity index (χ3v) is 3.24. The minimum atomic E-state index is -0.0315. The van der Waals surface area contributed by atoms with Crippen LogP contribution in [0.15, 0.2) is 41.9 Å². The number of likely N-dealkylation sites (N-methyl/N-ethyl adjacent to an activating group) is 1. The van der Waals surface area contributed by atoms with Crippen LogP contribution in [-0.2, 0) is 16.1 Å². The van der Waals surface area contributed by atoms with E-state index in [9.17, 15) is 4.79 Å². The van der Waals surface area contributed by atoms with Gasteiger partial charge >= 0.3 is 0 Å². The van der Waals surface area contributed by atoms with Gasteiger partial charge in [0.05, 0.1) is 19.7 Å². The van der Waals surface area contributed by atoms with E-state index in [1.165, 1.54) is 4.90 Å². The lowest BCUT2D eigenvalue weighted by molar-refractivity contribution is -0.127. The number of nitrogens with zero attached hydrogens (tertiary/aromatic N) is 2. The van der Waals surface area contributed by atoms with E-state index < -0.39 is 0 Å². The van der Waals surface area contributed by atoms with E-state index in [2.05, 4.69) is 22.2 Å². The Labute approximate surface area is 149 Å². The van der Waals surface area contributed by atoms with Crippen LogP contribution in [0, 0.1) is 0 Å². The lowest BCUT2D eigenvalue weighted by Crippen LogP contribution is -2.43. The van der Waals surface area contributed by atoms with Crippen LogP contribution in [0.2, 0.25) is 0 Å². The topological polar surface area (TPSA) is 75.2 Å². The number of amides is 1. The summed E-state index contributed by atoms with van der Waals surface area (Å²) < 4.78 is 10.7. The summed E-state index contributed by atoms with van der Waals surface area (Å²) in [7, 11) is 5.06. The Hall–Kier alpha value is -2.54. The third kappa shape index (κ3) is 8.21. The summed E-state index contributed by atoms with van der Waals surface area (Å²) in [6, 6.07) is 7.71. The molecule has 0 saturated heterocycles. The molecule has 25 heavy (non-hydrogen) atoms. The Bertz CT molecular complexity index is 573. The number of carbonyl (C=O) groups excluding carboxylic acids is 1. The molecule has 0 aliphatic rings. The Morgan fingerprint density at radius 3 is 2.76 bits per heavy atom. The number of benzene rings is 1. The highest BCUT2D eigenvalue weighted by Gasteiger charge is 2.07. The maximum Gasteiger partial charge on any atom is 0.241 e. The van der Waals surface area contributed by atoms with Gasteiger partial charge in [-0.15, -0.1) is 0 Å². The summed E-state index contributed by atoms with van der Waals surface area (Å²) in [5, 5.41) is 6.16. The van der Waals surface area contributed by atoms with Gasteiger partial charge in [-0.2, -0.15) is 0 Å². The molecule has 1 amide bonds. The van der Waals surface area contributed by atoms with Crippen molar-refractivity contribution in [3.05, 3.63) is 42.5 Å². The van der Waals surface area contributed by atoms with Gasteiger partial charge in [-0.05, 0) is 6.07 Å². The molecule has 0 atom stereocenters. The molecule has 0 saturated carbocycles. The second-order valence-electron chi connectivity index (χ2n) is 5.43. The van der Waals surface area contributed by atoms with Crippen molar-refractivity contribution in [2.75, 3.05) is 47.5 Å². The fraction of sp³-hybridized carbons (Fsp3) is 0.444. The quantitative estimate of drug-likeness (QED) is 0.286. The molecule has 7 heteroatoms. The zero-order valence-corrected chi connectivity index (χ0v) is 15.2. The summed E-state index contributed by atoms with van der Waals surface area (Å²) in [6.45, 7) is 5.82.